The molecule has 0 fully saturated rings. The fraction of sp³-hybridized carbons (Fsp3) is 0.318. The molecule has 5 heteroatoms. The minimum Gasteiger partial charge on any atom is -0.383 e. The molecule has 27 heavy (non-hydrogen) atoms. The van der Waals surface area contributed by atoms with Crippen molar-refractivity contribution in [2.75, 3.05) is 5.32 Å². The van der Waals surface area contributed by atoms with E-state index in [1.54, 1.807) is 19.1 Å². The van der Waals surface area contributed by atoms with E-state index in [-0.39, 0.29) is 29.1 Å². The molecule has 1 amide bonds. The Labute approximate surface area is 159 Å². The minimum absolute atomic E-state index is 0.0297. The van der Waals surface area contributed by atoms with Crippen LogP contribution < -0.4 is 10.6 Å². The minimum atomic E-state index is -0.576. The van der Waals surface area contributed by atoms with Gasteiger partial charge in [-0.25, -0.2) is 8.78 Å². The Morgan fingerprint density at radius 2 is 1.59 bits per heavy atom. The standard InChI is InChI=1S/C22H26F2N2O/c1-13(2)25-18-8-6-16(7-9-18)19-12-20(23)17(11-21(19)24)10-15(5)22(27)26-14(3)4/h6-14,25H,1-5H3,(H,26,27)/b15-10+. The predicted octanol–water partition coefficient (Wildman–Crippen LogP) is 5.38. The van der Waals surface area contributed by atoms with Gasteiger partial charge in [-0.1, -0.05) is 12.1 Å². The Balaban J connectivity index is 2.30. The second-order valence-corrected chi connectivity index (χ2v) is 7.19. The fourth-order valence-electron chi connectivity index (χ4n) is 2.65. The van der Waals surface area contributed by atoms with E-state index >= 15 is 0 Å². The van der Waals surface area contributed by atoms with Gasteiger partial charge in [-0.15, -0.1) is 0 Å². The van der Waals surface area contributed by atoms with E-state index in [1.807, 2.05) is 39.8 Å². The van der Waals surface area contributed by atoms with Crippen LogP contribution in [0.25, 0.3) is 17.2 Å². The number of benzene rings is 2. The Bertz CT molecular complexity index is 840. The summed E-state index contributed by atoms with van der Waals surface area (Å²) in [6.07, 6.45) is 1.36. The SMILES string of the molecule is C/C(=C\c1cc(F)c(-c2ccc(NC(C)C)cc2)cc1F)C(=O)NC(C)C. The van der Waals surface area contributed by atoms with Gasteiger partial charge in [0.05, 0.1) is 0 Å². The van der Waals surface area contributed by atoms with Gasteiger partial charge in [-0.2, -0.15) is 0 Å². The third kappa shape index (κ3) is 5.64. The Hall–Kier alpha value is -2.69. The number of nitrogens with one attached hydrogen (secondary N) is 2. The van der Waals surface area contributed by atoms with Crippen LogP contribution in [0.3, 0.4) is 0 Å². The highest BCUT2D eigenvalue weighted by molar-refractivity contribution is 5.97. The van der Waals surface area contributed by atoms with Gasteiger partial charge < -0.3 is 10.6 Å². The summed E-state index contributed by atoms with van der Waals surface area (Å²) in [7, 11) is 0. The normalized spacial score (nSPS) is 11.8. The molecular formula is C22H26F2N2O. The van der Waals surface area contributed by atoms with Crippen molar-refractivity contribution in [3.63, 3.8) is 0 Å². The van der Waals surface area contributed by atoms with E-state index in [0.29, 0.717) is 11.1 Å². The number of hydrogen-bond donors (Lipinski definition) is 2. The third-order valence-corrected chi connectivity index (χ3v) is 3.89. The second-order valence-electron chi connectivity index (χ2n) is 7.19. The van der Waals surface area contributed by atoms with Crippen LogP contribution in [0.2, 0.25) is 0 Å². The Kier molecular flexibility index (Phi) is 6.72. The van der Waals surface area contributed by atoms with Crippen molar-refractivity contribution in [3.8, 4) is 11.1 Å². The first-order valence-electron chi connectivity index (χ1n) is 9.02. The van der Waals surface area contributed by atoms with Crippen LogP contribution in [0.1, 0.15) is 40.2 Å². The summed E-state index contributed by atoms with van der Waals surface area (Å²) < 4.78 is 29.1. The van der Waals surface area contributed by atoms with E-state index in [1.165, 1.54) is 12.1 Å². The summed E-state index contributed by atoms with van der Waals surface area (Å²) in [5.74, 6) is -1.42. The highest BCUT2D eigenvalue weighted by Gasteiger charge is 2.13. The molecule has 0 bridgehead atoms. The maximum Gasteiger partial charge on any atom is 0.247 e. The molecule has 0 unspecified atom stereocenters. The number of hydrogen-bond acceptors (Lipinski definition) is 2. The van der Waals surface area contributed by atoms with E-state index in [2.05, 4.69) is 10.6 Å². The van der Waals surface area contributed by atoms with Crippen molar-refractivity contribution in [1.29, 1.82) is 0 Å². The number of carbonyl (C=O) groups excluding carboxylic acids is 1. The van der Waals surface area contributed by atoms with Crippen molar-refractivity contribution >= 4 is 17.7 Å². The van der Waals surface area contributed by atoms with Crippen molar-refractivity contribution in [2.24, 2.45) is 0 Å². The van der Waals surface area contributed by atoms with Crippen molar-refractivity contribution < 1.29 is 13.6 Å². The Morgan fingerprint density at radius 3 is 2.15 bits per heavy atom. The molecule has 2 aromatic rings. The monoisotopic (exact) mass is 372 g/mol. The van der Waals surface area contributed by atoms with Gasteiger partial charge in [0.1, 0.15) is 11.6 Å². The van der Waals surface area contributed by atoms with Crippen LogP contribution in [0.15, 0.2) is 42.0 Å². The number of rotatable bonds is 6. The molecular weight excluding hydrogens is 346 g/mol. The van der Waals surface area contributed by atoms with Gasteiger partial charge in [-0.05, 0) is 70.5 Å². The van der Waals surface area contributed by atoms with Crippen LogP contribution in [-0.2, 0) is 4.79 Å². The molecule has 0 aromatic heterocycles. The molecule has 0 aliphatic carbocycles. The van der Waals surface area contributed by atoms with Crippen molar-refractivity contribution in [2.45, 2.75) is 46.7 Å². The van der Waals surface area contributed by atoms with E-state index in [9.17, 15) is 13.6 Å². The molecule has 2 aromatic carbocycles. The molecule has 0 saturated heterocycles. The highest BCUT2D eigenvalue weighted by Crippen LogP contribution is 2.28. The molecule has 2 rings (SSSR count). The summed E-state index contributed by atoms with van der Waals surface area (Å²) in [6, 6.07) is 9.71. The molecule has 3 nitrogen and oxygen atoms in total. The van der Waals surface area contributed by atoms with Gasteiger partial charge in [0, 0.05) is 34.5 Å². The lowest BCUT2D eigenvalue weighted by Gasteiger charge is -2.12. The lowest BCUT2D eigenvalue weighted by Crippen LogP contribution is -2.30. The van der Waals surface area contributed by atoms with Crippen LogP contribution in [0.5, 0.6) is 0 Å². The quantitative estimate of drug-likeness (QED) is 0.669. The maximum absolute atomic E-state index is 14.6. The maximum atomic E-state index is 14.6. The zero-order chi connectivity index (χ0) is 20.1. The van der Waals surface area contributed by atoms with E-state index in [4.69, 9.17) is 0 Å². The van der Waals surface area contributed by atoms with Gasteiger partial charge in [0.25, 0.3) is 0 Å². The first kappa shape index (κ1) is 20.6. The van der Waals surface area contributed by atoms with Crippen molar-refractivity contribution in [1.82, 2.24) is 5.32 Å². The molecule has 2 N–H and O–H groups in total. The third-order valence-electron chi connectivity index (χ3n) is 3.89. The first-order chi connectivity index (χ1) is 12.7. The van der Waals surface area contributed by atoms with Crippen LogP contribution >= 0.6 is 0 Å². The van der Waals surface area contributed by atoms with Crippen LogP contribution in [-0.4, -0.2) is 18.0 Å². The number of anilines is 1. The molecule has 0 aliphatic rings. The average Bonchev–Trinajstić information content (AvgIpc) is 2.57. The lowest BCUT2D eigenvalue weighted by atomic mass is 10.0. The summed E-state index contributed by atoms with van der Waals surface area (Å²) in [5, 5.41) is 5.97. The topological polar surface area (TPSA) is 41.1 Å². The average molecular weight is 372 g/mol. The van der Waals surface area contributed by atoms with E-state index < -0.39 is 11.6 Å². The number of halogens is 2. The zero-order valence-electron chi connectivity index (χ0n) is 16.4. The van der Waals surface area contributed by atoms with Crippen LogP contribution in [0, 0.1) is 11.6 Å². The van der Waals surface area contributed by atoms with Gasteiger partial charge in [0.2, 0.25) is 5.91 Å². The molecule has 0 radical (unpaired) electrons. The second kappa shape index (κ2) is 8.80. The molecule has 0 spiro atoms. The summed E-state index contributed by atoms with van der Waals surface area (Å²) in [4.78, 5) is 11.9. The number of amides is 1. The molecule has 0 aliphatic heterocycles. The predicted molar refractivity (Wildman–Crippen MR) is 107 cm³/mol. The van der Waals surface area contributed by atoms with Gasteiger partial charge in [-0.3, -0.25) is 4.79 Å². The van der Waals surface area contributed by atoms with Crippen LogP contribution in [0.4, 0.5) is 14.5 Å². The fourth-order valence-corrected chi connectivity index (χ4v) is 2.65. The van der Waals surface area contributed by atoms with Gasteiger partial charge >= 0.3 is 0 Å². The molecule has 144 valence electrons. The van der Waals surface area contributed by atoms with Gasteiger partial charge in [0.15, 0.2) is 0 Å². The largest absolute Gasteiger partial charge is 0.383 e. The summed E-state index contributed by atoms with van der Waals surface area (Å²) in [6.45, 7) is 9.30. The number of carbonyl (C=O) groups is 1. The summed E-state index contributed by atoms with van der Waals surface area (Å²) >= 11 is 0. The summed E-state index contributed by atoms with van der Waals surface area (Å²) in [5.41, 5.74) is 2.06. The van der Waals surface area contributed by atoms with E-state index in [0.717, 1.165) is 11.8 Å². The first-order valence-corrected chi connectivity index (χ1v) is 9.02. The molecule has 0 atom stereocenters. The smallest absolute Gasteiger partial charge is 0.247 e. The highest BCUT2D eigenvalue weighted by atomic mass is 19.1. The lowest BCUT2D eigenvalue weighted by molar-refractivity contribution is -0.117. The zero-order valence-corrected chi connectivity index (χ0v) is 16.4. The van der Waals surface area contributed by atoms with Crippen molar-refractivity contribution in [3.05, 3.63) is 59.2 Å². The molecule has 0 saturated carbocycles. The molecule has 0 heterocycles. The Morgan fingerprint density at radius 1 is 0.963 bits per heavy atom.